The van der Waals surface area contributed by atoms with Crippen LogP contribution in [0.15, 0.2) is 18.2 Å². The lowest BCUT2D eigenvalue weighted by atomic mass is 10.0. The fraction of sp³-hybridized carbons (Fsp3) is 0.600. The third-order valence-electron chi connectivity index (χ3n) is 3.89. The molecule has 0 amide bonds. The normalized spacial score (nSPS) is 18.3. The van der Waals surface area contributed by atoms with Crippen molar-refractivity contribution in [3.8, 4) is 0 Å². The second kappa shape index (κ2) is 5.70. The van der Waals surface area contributed by atoms with Gasteiger partial charge in [0.15, 0.2) is 0 Å². The van der Waals surface area contributed by atoms with E-state index in [-0.39, 0.29) is 5.82 Å². The molecule has 1 fully saturated rings. The van der Waals surface area contributed by atoms with Crippen LogP contribution in [0.2, 0.25) is 0 Å². The number of hydrogen-bond acceptors (Lipinski definition) is 2. The Morgan fingerprint density at radius 2 is 1.94 bits per heavy atom. The molecule has 100 valence electrons. The van der Waals surface area contributed by atoms with Crippen molar-refractivity contribution in [2.45, 2.75) is 45.7 Å². The maximum atomic E-state index is 13.5. The monoisotopic (exact) mass is 250 g/mol. The van der Waals surface area contributed by atoms with Gasteiger partial charge in [-0.05, 0) is 45.7 Å². The summed E-state index contributed by atoms with van der Waals surface area (Å²) in [7, 11) is 0. The summed E-state index contributed by atoms with van der Waals surface area (Å²) in [5.41, 5.74) is 1.67. The lowest BCUT2D eigenvalue weighted by Gasteiger charge is -2.35. The molecule has 1 aromatic rings. The number of hydrogen-bond donors (Lipinski definition) is 1. The van der Waals surface area contributed by atoms with Crippen molar-refractivity contribution in [2.24, 2.45) is 0 Å². The van der Waals surface area contributed by atoms with Crippen molar-refractivity contribution in [3.05, 3.63) is 29.6 Å². The minimum Gasteiger partial charge on any atom is -0.382 e. The zero-order chi connectivity index (χ0) is 13.1. The summed E-state index contributed by atoms with van der Waals surface area (Å²) < 4.78 is 13.5. The molecular formula is C15H23FN2. The van der Waals surface area contributed by atoms with Crippen LogP contribution in [0.4, 0.5) is 10.1 Å². The predicted octanol–water partition coefficient (Wildman–Crippen LogP) is 3.42. The molecule has 0 atom stereocenters. The Bertz CT molecular complexity index is 395. The molecule has 0 aliphatic carbocycles. The van der Waals surface area contributed by atoms with Gasteiger partial charge in [0, 0.05) is 36.4 Å². The maximum absolute atomic E-state index is 13.5. The number of rotatable bonds is 3. The van der Waals surface area contributed by atoms with Gasteiger partial charge in [0.25, 0.3) is 0 Å². The van der Waals surface area contributed by atoms with Crippen molar-refractivity contribution >= 4 is 5.69 Å². The van der Waals surface area contributed by atoms with Gasteiger partial charge in [0.2, 0.25) is 0 Å². The summed E-state index contributed by atoms with van der Waals surface area (Å²) in [6.45, 7) is 8.57. The number of benzene rings is 1. The highest BCUT2D eigenvalue weighted by Crippen LogP contribution is 2.22. The quantitative estimate of drug-likeness (QED) is 0.884. The van der Waals surface area contributed by atoms with E-state index < -0.39 is 0 Å². The van der Waals surface area contributed by atoms with Gasteiger partial charge in [-0.25, -0.2) is 4.39 Å². The second-order valence-corrected chi connectivity index (χ2v) is 5.46. The van der Waals surface area contributed by atoms with Crippen LogP contribution in [-0.4, -0.2) is 30.1 Å². The van der Waals surface area contributed by atoms with E-state index >= 15 is 0 Å². The molecule has 1 saturated heterocycles. The zero-order valence-electron chi connectivity index (χ0n) is 11.5. The molecule has 2 nitrogen and oxygen atoms in total. The number of likely N-dealkylation sites (tertiary alicyclic amines) is 1. The van der Waals surface area contributed by atoms with Crippen LogP contribution < -0.4 is 5.32 Å². The van der Waals surface area contributed by atoms with Crippen LogP contribution in [0, 0.1) is 12.7 Å². The number of nitrogens with one attached hydrogen (secondary N) is 1. The molecular weight excluding hydrogens is 227 g/mol. The minimum atomic E-state index is -0.125. The Hall–Kier alpha value is -1.09. The minimum absolute atomic E-state index is 0.125. The molecule has 0 unspecified atom stereocenters. The summed E-state index contributed by atoms with van der Waals surface area (Å²) in [6.07, 6.45) is 2.27. The lowest BCUT2D eigenvalue weighted by Crippen LogP contribution is -2.42. The van der Waals surface area contributed by atoms with Gasteiger partial charge in [-0.2, -0.15) is 0 Å². The summed E-state index contributed by atoms with van der Waals surface area (Å²) in [5, 5.41) is 3.48. The molecule has 2 rings (SSSR count). The van der Waals surface area contributed by atoms with E-state index in [1.807, 2.05) is 13.0 Å². The molecule has 0 aromatic heterocycles. The largest absolute Gasteiger partial charge is 0.382 e. The predicted molar refractivity (Wildman–Crippen MR) is 74.5 cm³/mol. The van der Waals surface area contributed by atoms with Gasteiger partial charge < -0.3 is 10.2 Å². The number of nitrogens with zero attached hydrogens (tertiary/aromatic N) is 1. The Balaban J connectivity index is 1.94. The second-order valence-electron chi connectivity index (χ2n) is 5.46. The standard InChI is InChI=1S/C15H23FN2/c1-11(2)18-9-7-13(8-10-18)17-15-6-4-5-14(16)12(15)3/h4-6,11,13,17H,7-10H2,1-3H3. The van der Waals surface area contributed by atoms with Crippen molar-refractivity contribution < 1.29 is 4.39 Å². The Kier molecular flexibility index (Phi) is 4.23. The summed E-state index contributed by atoms with van der Waals surface area (Å²) in [4.78, 5) is 2.50. The van der Waals surface area contributed by atoms with Crippen LogP contribution >= 0.6 is 0 Å². The summed E-state index contributed by atoms with van der Waals surface area (Å²) >= 11 is 0. The fourth-order valence-corrected chi connectivity index (χ4v) is 2.54. The van der Waals surface area contributed by atoms with Gasteiger partial charge in [-0.3, -0.25) is 0 Å². The van der Waals surface area contributed by atoms with E-state index in [4.69, 9.17) is 0 Å². The fourth-order valence-electron chi connectivity index (χ4n) is 2.54. The molecule has 18 heavy (non-hydrogen) atoms. The van der Waals surface area contributed by atoms with Gasteiger partial charge in [-0.1, -0.05) is 6.07 Å². The smallest absolute Gasteiger partial charge is 0.128 e. The molecule has 3 heteroatoms. The SMILES string of the molecule is Cc1c(F)cccc1NC1CCN(C(C)C)CC1. The number of anilines is 1. The van der Waals surface area contributed by atoms with E-state index in [0.717, 1.165) is 37.2 Å². The van der Waals surface area contributed by atoms with Crippen LogP contribution in [0.3, 0.4) is 0 Å². The molecule has 1 aliphatic heterocycles. The highest BCUT2D eigenvalue weighted by molar-refractivity contribution is 5.51. The molecule has 1 aliphatic rings. The summed E-state index contributed by atoms with van der Waals surface area (Å²) in [6, 6.07) is 6.35. The number of halogens is 1. The maximum Gasteiger partial charge on any atom is 0.128 e. The highest BCUT2D eigenvalue weighted by Gasteiger charge is 2.21. The first kappa shape index (κ1) is 13.3. The van der Waals surface area contributed by atoms with Crippen molar-refractivity contribution in [3.63, 3.8) is 0 Å². The number of piperidine rings is 1. The molecule has 0 bridgehead atoms. The van der Waals surface area contributed by atoms with Crippen LogP contribution in [-0.2, 0) is 0 Å². The zero-order valence-corrected chi connectivity index (χ0v) is 11.5. The first-order valence-corrected chi connectivity index (χ1v) is 6.83. The van der Waals surface area contributed by atoms with E-state index in [1.54, 1.807) is 6.07 Å². The van der Waals surface area contributed by atoms with Gasteiger partial charge >= 0.3 is 0 Å². The topological polar surface area (TPSA) is 15.3 Å². The molecule has 0 spiro atoms. The first-order valence-electron chi connectivity index (χ1n) is 6.83. The van der Waals surface area contributed by atoms with E-state index in [2.05, 4.69) is 24.1 Å². The van der Waals surface area contributed by atoms with Crippen molar-refractivity contribution in [2.75, 3.05) is 18.4 Å². The van der Waals surface area contributed by atoms with E-state index in [0.29, 0.717) is 12.1 Å². The van der Waals surface area contributed by atoms with Gasteiger partial charge in [0.05, 0.1) is 0 Å². The average Bonchev–Trinajstić information content (AvgIpc) is 2.36. The third kappa shape index (κ3) is 3.02. The van der Waals surface area contributed by atoms with Gasteiger partial charge in [0.1, 0.15) is 5.82 Å². The molecule has 1 aromatic carbocycles. The van der Waals surface area contributed by atoms with Crippen molar-refractivity contribution in [1.82, 2.24) is 4.90 Å². The van der Waals surface area contributed by atoms with E-state index in [1.165, 1.54) is 6.07 Å². The average molecular weight is 250 g/mol. The highest BCUT2D eigenvalue weighted by atomic mass is 19.1. The van der Waals surface area contributed by atoms with Crippen LogP contribution in [0.1, 0.15) is 32.3 Å². The van der Waals surface area contributed by atoms with Crippen LogP contribution in [0.25, 0.3) is 0 Å². The van der Waals surface area contributed by atoms with Crippen LogP contribution in [0.5, 0.6) is 0 Å². The Morgan fingerprint density at radius 3 is 2.56 bits per heavy atom. The molecule has 1 heterocycles. The Morgan fingerprint density at radius 1 is 1.28 bits per heavy atom. The lowest BCUT2D eigenvalue weighted by molar-refractivity contribution is 0.177. The first-order chi connectivity index (χ1) is 8.58. The van der Waals surface area contributed by atoms with E-state index in [9.17, 15) is 4.39 Å². The van der Waals surface area contributed by atoms with Crippen molar-refractivity contribution in [1.29, 1.82) is 0 Å². The van der Waals surface area contributed by atoms with Gasteiger partial charge in [-0.15, -0.1) is 0 Å². The summed E-state index contributed by atoms with van der Waals surface area (Å²) in [5.74, 6) is -0.125. The third-order valence-corrected chi connectivity index (χ3v) is 3.89. The Labute approximate surface area is 109 Å². The molecule has 1 N–H and O–H groups in total. The molecule has 0 saturated carbocycles. The molecule has 0 radical (unpaired) electrons.